The van der Waals surface area contributed by atoms with Gasteiger partial charge in [0.15, 0.2) is 0 Å². The minimum absolute atomic E-state index is 0.109. The molecule has 0 aliphatic rings. The standard InChI is InChI=1S/C13H19N3O3S/c1-3-10-20(18,19)14-8-9-16-12-7-5-4-6-11(12)15(2)13(16)17/h4-7,14H,3,8-10H2,1-2H3. The van der Waals surface area contributed by atoms with Gasteiger partial charge < -0.3 is 0 Å². The van der Waals surface area contributed by atoms with Crippen LogP contribution in [0.1, 0.15) is 13.3 Å². The summed E-state index contributed by atoms with van der Waals surface area (Å²) in [6.07, 6.45) is 0.573. The van der Waals surface area contributed by atoms with E-state index in [-0.39, 0.29) is 18.0 Å². The molecule has 0 saturated heterocycles. The van der Waals surface area contributed by atoms with Gasteiger partial charge in [-0.2, -0.15) is 0 Å². The first-order valence-electron chi connectivity index (χ1n) is 6.58. The number of fused-ring (bicyclic) bond motifs is 1. The Labute approximate surface area is 118 Å². The summed E-state index contributed by atoms with van der Waals surface area (Å²) in [6, 6.07) is 7.46. The van der Waals surface area contributed by atoms with Crippen molar-refractivity contribution in [2.45, 2.75) is 19.9 Å². The summed E-state index contributed by atoms with van der Waals surface area (Å²) in [6.45, 7) is 2.35. The third-order valence-electron chi connectivity index (χ3n) is 3.18. The van der Waals surface area contributed by atoms with Crippen LogP contribution in [0, 0.1) is 0 Å². The second-order valence-corrected chi connectivity index (χ2v) is 6.62. The highest BCUT2D eigenvalue weighted by molar-refractivity contribution is 7.89. The van der Waals surface area contributed by atoms with E-state index < -0.39 is 10.0 Å². The molecule has 110 valence electrons. The van der Waals surface area contributed by atoms with Crippen LogP contribution in [-0.4, -0.2) is 29.8 Å². The zero-order valence-electron chi connectivity index (χ0n) is 11.7. The fourth-order valence-electron chi connectivity index (χ4n) is 2.23. The molecule has 0 radical (unpaired) electrons. The summed E-state index contributed by atoms with van der Waals surface area (Å²) in [5.74, 6) is 0.109. The molecular weight excluding hydrogens is 278 g/mol. The summed E-state index contributed by atoms with van der Waals surface area (Å²) < 4.78 is 28.8. The number of nitrogens with zero attached hydrogens (tertiary/aromatic N) is 2. The zero-order chi connectivity index (χ0) is 14.8. The van der Waals surface area contributed by atoms with Gasteiger partial charge in [-0.1, -0.05) is 19.1 Å². The van der Waals surface area contributed by atoms with E-state index in [9.17, 15) is 13.2 Å². The fraction of sp³-hybridized carbons (Fsp3) is 0.462. The molecule has 0 unspecified atom stereocenters. The van der Waals surface area contributed by atoms with E-state index in [2.05, 4.69) is 4.72 Å². The van der Waals surface area contributed by atoms with Crippen LogP contribution in [0.3, 0.4) is 0 Å². The average molecular weight is 297 g/mol. The lowest BCUT2D eigenvalue weighted by Gasteiger charge is -2.06. The molecule has 6 nitrogen and oxygen atoms in total. The minimum Gasteiger partial charge on any atom is -0.295 e. The highest BCUT2D eigenvalue weighted by Gasteiger charge is 2.11. The first-order valence-corrected chi connectivity index (χ1v) is 8.23. The Kier molecular flexibility index (Phi) is 4.29. The van der Waals surface area contributed by atoms with Gasteiger partial charge >= 0.3 is 5.69 Å². The molecule has 0 atom stereocenters. The Hall–Kier alpha value is -1.60. The lowest BCUT2D eigenvalue weighted by molar-refractivity contribution is 0.570. The second kappa shape index (κ2) is 5.80. The highest BCUT2D eigenvalue weighted by atomic mass is 32.2. The predicted octanol–water partition coefficient (Wildman–Crippen LogP) is 0.669. The molecule has 1 heterocycles. The zero-order valence-corrected chi connectivity index (χ0v) is 12.5. The number of para-hydroxylation sites is 2. The molecule has 0 spiro atoms. The number of aromatic nitrogens is 2. The fourth-order valence-corrected chi connectivity index (χ4v) is 3.32. The monoisotopic (exact) mass is 297 g/mol. The summed E-state index contributed by atoms with van der Waals surface area (Å²) in [5.41, 5.74) is 1.52. The van der Waals surface area contributed by atoms with Crippen LogP contribution < -0.4 is 10.4 Å². The van der Waals surface area contributed by atoms with Crippen LogP contribution in [0.2, 0.25) is 0 Å². The van der Waals surface area contributed by atoms with Gasteiger partial charge in [-0.05, 0) is 18.6 Å². The minimum atomic E-state index is -3.23. The van der Waals surface area contributed by atoms with E-state index in [4.69, 9.17) is 0 Å². The van der Waals surface area contributed by atoms with Crippen molar-refractivity contribution in [1.82, 2.24) is 13.9 Å². The molecule has 1 N–H and O–H groups in total. The molecule has 0 saturated carbocycles. The van der Waals surface area contributed by atoms with Crippen LogP contribution in [0.4, 0.5) is 0 Å². The quantitative estimate of drug-likeness (QED) is 0.851. The van der Waals surface area contributed by atoms with E-state index in [0.29, 0.717) is 13.0 Å². The molecule has 0 bridgehead atoms. The maximum atomic E-state index is 12.1. The molecule has 20 heavy (non-hydrogen) atoms. The lowest BCUT2D eigenvalue weighted by Crippen LogP contribution is -2.32. The molecule has 1 aromatic carbocycles. The Morgan fingerprint density at radius 3 is 2.50 bits per heavy atom. The summed E-state index contributed by atoms with van der Waals surface area (Å²) in [5, 5.41) is 0. The molecule has 1 aromatic heterocycles. The van der Waals surface area contributed by atoms with E-state index in [1.54, 1.807) is 16.2 Å². The number of sulfonamides is 1. The molecule has 0 aliphatic carbocycles. The largest absolute Gasteiger partial charge is 0.328 e. The van der Waals surface area contributed by atoms with Crippen LogP contribution in [0.5, 0.6) is 0 Å². The van der Waals surface area contributed by atoms with Crippen LogP contribution in [0.25, 0.3) is 11.0 Å². The maximum Gasteiger partial charge on any atom is 0.328 e. The Morgan fingerprint density at radius 2 is 1.85 bits per heavy atom. The highest BCUT2D eigenvalue weighted by Crippen LogP contribution is 2.10. The Morgan fingerprint density at radius 1 is 1.20 bits per heavy atom. The van der Waals surface area contributed by atoms with Crippen molar-refractivity contribution in [3.63, 3.8) is 0 Å². The van der Waals surface area contributed by atoms with Crippen LogP contribution >= 0.6 is 0 Å². The number of imidazole rings is 1. The summed E-state index contributed by atoms with van der Waals surface area (Å²) >= 11 is 0. The Balaban J connectivity index is 2.19. The first kappa shape index (κ1) is 14.8. The molecule has 2 rings (SSSR count). The maximum absolute atomic E-state index is 12.1. The van der Waals surface area contributed by atoms with Gasteiger partial charge in [-0.3, -0.25) is 9.13 Å². The van der Waals surface area contributed by atoms with Gasteiger partial charge in [0.1, 0.15) is 0 Å². The van der Waals surface area contributed by atoms with Gasteiger partial charge in [0.2, 0.25) is 10.0 Å². The smallest absolute Gasteiger partial charge is 0.295 e. The number of hydrogen-bond acceptors (Lipinski definition) is 3. The number of benzene rings is 1. The van der Waals surface area contributed by atoms with Gasteiger partial charge in [-0.15, -0.1) is 0 Å². The lowest BCUT2D eigenvalue weighted by atomic mass is 10.3. The SMILES string of the molecule is CCCS(=O)(=O)NCCn1c(=O)n(C)c2ccccc21. The van der Waals surface area contributed by atoms with Crippen molar-refractivity contribution in [3.8, 4) is 0 Å². The van der Waals surface area contributed by atoms with Gasteiger partial charge in [0, 0.05) is 20.1 Å². The molecule has 2 aromatic rings. The van der Waals surface area contributed by atoms with Gasteiger partial charge in [-0.25, -0.2) is 17.9 Å². The van der Waals surface area contributed by atoms with Crippen molar-refractivity contribution < 1.29 is 8.42 Å². The summed E-state index contributed by atoms with van der Waals surface area (Å²) in [4.78, 5) is 12.1. The molecule has 7 heteroatoms. The summed E-state index contributed by atoms with van der Waals surface area (Å²) in [7, 11) is -1.52. The van der Waals surface area contributed by atoms with Crippen molar-refractivity contribution in [3.05, 3.63) is 34.7 Å². The molecular formula is C13H19N3O3S. The van der Waals surface area contributed by atoms with E-state index in [1.165, 1.54) is 0 Å². The number of nitrogens with one attached hydrogen (secondary N) is 1. The molecule has 0 fully saturated rings. The molecule has 0 aliphatic heterocycles. The van der Waals surface area contributed by atoms with Gasteiger partial charge in [0.05, 0.1) is 16.8 Å². The van der Waals surface area contributed by atoms with Crippen molar-refractivity contribution in [1.29, 1.82) is 0 Å². The topological polar surface area (TPSA) is 73.1 Å². The normalized spacial score (nSPS) is 12.1. The van der Waals surface area contributed by atoms with E-state index >= 15 is 0 Å². The molecule has 0 amide bonds. The second-order valence-electron chi connectivity index (χ2n) is 4.70. The van der Waals surface area contributed by atoms with Gasteiger partial charge in [0.25, 0.3) is 0 Å². The number of hydrogen-bond donors (Lipinski definition) is 1. The van der Waals surface area contributed by atoms with Crippen LogP contribution in [-0.2, 0) is 23.6 Å². The van der Waals surface area contributed by atoms with Crippen LogP contribution in [0.15, 0.2) is 29.1 Å². The van der Waals surface area contributed by atoms with E-state index in [0.717, 1.165) is 11.0 Å². The van der Waals surface area contributed by atoms with E-state index in [1.807, 2.05) is 31.2 Å². The third kappa shape index (κ3) is 2.94. The van der Waals surface area contributed by atoms with Crippen molar-refractivity contribution >= 4 is 21.1 Å². The Bertz CT molecular complexity index is 759. The third-order valence-corrected chi connectivity index (χ3v) is 4.77. The first-order chi connectivity index (χ1) is 9.46. The predicted molar refractivity (Wildman–Crippen MR) is 79.3 cm³/mol. The van der Waals surface area contributed by atoms with Crippen molar-refractivity contribution in [2.24, 2.45) is 7.05 Å². The van der Waals surface area contributed by atoms with Crippen molar-refractivity contribution in [2.75, 3.05) is 12.3 Å². The average Bonchev–Trinajstić information content (AvgIpc) is 2.64. The number of rotatable bonds is 6. The number of aryl methyl sites for hydroxylation is 1.